The Balaban J connectivity index is 1.93. The van der Waals surface area contributed by atoms with Gasteiger partial charge >= 0.3 is 0 Å². The minimum Gasteiger partial charge on any atom is -0.371 e. The molecule has 3 nitrogen and oxygen atoms in total. The van der Waals surface area contributed by atoms with Gasteiger partial charge in [0.1, 0.15) is 0 Å². The van der Waals surface area contributed by atoms with Crippen LogP contribution in [0, 0.1) is 0 Å². The van der Waals surface area contributed by atoms with Crippen LogP contribution in [-0.2, 0) is 0 Å². The molecule has 0 radical (unpaired) electrons. The van der Waals surface area contributed by atoms with Gasteiger partial charge in [0.15, 0.2) is 0 Å². The first-order valence-corrected chi connectivity index (χ1v) is 7.64. The molecule has 21 heavy (non-hydrogen) atoms. The molecule has 3 heteroatoms. The Labute approximate surface area is 127 Å². The molecule has 0 saturated carbocycles. The molecule has 3 rings (SSSR count). The summed E-state index contributed by atoms with van der Waals surface area (Å²) in [6.45, 7) is 4.16. The van der Waals surface area contributed by atoms with Crippen LogP contribution in [0.15, 0.2) is 48.5 Å². The summed E-state index contributed by atoms with van der Waals surface area (Å²) >= 11 is 0. The number of para-hydroxylation sites is 2. The Hall–Kier alpha value is -2.00. The summed E-state index contributed by atoms with van der Waals surface area (Å²) < 4.78 is 0. The van der Waals surface area contributed by atoms with Crippen LogP contribution in [0.25, 0.3) is 0 Å². The van der Waals surface area contributed by atoms with Gasteiger partial charge < -0.3 is 15.5 Å². The van der Waals surface area contributed by atoms with Gasteiger partial charge in [-0.15, -0.1) is 0 Å². The van der Waals surface area contributed by atoms with E-state index < -0.39 is 0 Å². The third-order valence-electron chi connectivity index (χ3n) is 4.32. The molecule has 2 aromatic rings. The van der Waals surface area contributed by atoms with E-state index >= 15 is 0 Å². The maximum atomic E-state index is 6.10. The Morgan fingerprint density at radius 3 is 2.33 bits per heavy atom. The molecule has 2 aromatic carbocycles. The second kappa shape index (κ2) is 5.78. The van der Waals surface area contributed by atoms with E-state index in [-0.39, 0.29) is 6.04 Å². The molecule has 1 heterocycles. The molecule has 1 aliphatic heterocycles. The number of hydrogen-bond acceptors (Lipinski definition) is 3. The van der Waals surface area contributed by atoms with Crippen LogP contribution in [0.4, 0.5) is 17.1 Å². The summed E-state index contributed by atoms with van der Waals surface area (Å²) in [6.07, 6.45) is 0.969. The van der Waals surface area contributed by atoms with Crippen molar-refractivity contribution in [3.8, 4) is 0 Å². The van der Waals surface area contributed by atoms with E-state index in [4.69, 9.17) is 5.73 Å². The van der Waals surface area contributed by atoms with Crippen molar-refractivity contribution in [1.82, 2.24) is 0 Å². The molecular weight excluding hydrogens is 258 g/mol. The van der Waals surface area contributed by atoms with Crippen LogP contribution in [0.1, 0.15) is 24.9 Å². The monoisotopic (exact) mass is 281 g/mol. The number of hydrogen-bond donors (Lipinski definition) is 1. The summed E-state index contributed by atoms with van der Waals surface area (Å²) in [5.41, 5.74) is 11.1. The maximum Gasteiger partial charge on any atom is 0.0649 e. The normalized spacial score (nSPS) is 15.8. The molecule has 0 aliphatic carbocycles. The van der Waals surface area contributed by atoms with E-state index in [0.717, 1.165) is 19.5 Å². The Kier molecular flexibility index (Phi) is 3.84. The summed E-state index contributed by atoms with van der Waals surface area (Å²) in [7, 11) is 2.15. The van der Waals surface area contributed by atoms with Crippen molar-refractivity contribution in [2.45, 2.75) is 19.4 Å². The van der Waals surface area contributed by atoms with Gasteiger partial charge in [-0.1, -0.05) is 31.2 Å². The lowest BCUT2D eigenvalue weighted by atomic mass is 10.0. The molecule has 0 aromatic heterocycles. The highest BCUT2D eigenvalue weighted by molar-refractivity contribution is 5.79. The smallest absolute Gasteiger partial charge is 0.0649 e. The Morgan fingerprint density at radius 1 is 1.00 bits per heavy atom. The molecule has 0 unspecified atom stereocenters. The first-order valence-electron chi connectivity index (χ1n) is 7.64. The van der Waals surface area contributed by atoms with Crippen molar-refractivity contribution in [1.29, 1.82) is 0 Å². The fourth-order valence-electron chi connectivity index (χ4n) is 2.91. The van der Waals surface area contributed by atoms with Crippen molar-refractivity contribution in [2.24, 2.45) is 5.73 Å². The Bertz CT molecular complexity index is 606. The summed E-state index contributed by atoms with van der Waals surface area (Å²) in [5, 5.41) is 0. The molecule has 0 bridgehead atoms. The van der Waals surface area contributed by atoms with E-state index in [2.05, 4.69) is 72.3 Å². The van der Waals surface area contributed by atoms with Gasteiger partial charge in [0.25, 0.3) is 0 Å². The first-order chi connectivity index (χ1) is 10.2. The van der Waals surface area contributed by atoms with E-state index in [1.807, 2.05) is 0 Å². The predicted octanol–water partition coefficient (Wildman–Crippen LogP) is 3.68. The van der Waals surface area contributed by atoms with Gasteiger partial charge in [0.05, 0.1) is 11.4 Å². The SMILES string of the molecule is CC[C@@H](N)c1ccc(N2CCN(C)c3ccccc32)cc1. The zero-order valence-corrected chi connectivity index (χ0v) is 12.8. The number of anilines is 3. The van der Waals surface area contributed by atoms with Crippen molar-refractivity contribution >= 4 is 17.1 Å². The topological polar surface area (TPSA) is 32.5 Å². The number of rotatable bonds is 3. The Morgan fingerprint density at radius 2 is 1.67 bits per heavy atom. The largest absolute Gasteiger partial charge is 0.371 e. The summed E-state index contributed by atoms with van der Waals surface area (Å²) in [5.74, 6) is 0. The molecular formula is C18H23N3. The van der Waals surface area contributed by atoms with Gasteiger partial charge in [0, 0.05) is 31.9 Å². The standard InChI is InChI=1S/C18H23N3/c1-3-16(19)14-8-10-15(11-9-14)21-13-12-20(2)17-6-4-5-7-18(17)21/h4-11,16H,3,12-13,19H2,1-2H3/t16-/m1/s1. The van der Waals surface area contributed by atoms with E-state index in [9.17, 15) is 0 Å². The second-order valence-electron chi connectivity index (χ2n) is 5.67. The molecule has 1 atom stereocenters. The summed E-state index contributed by atoms with van der Waals surface area (Å²) in [4.78, 5) is 4.70. The molecule has 0 fully saturated rings. The van der Waals surface area contributed by atoms with Crippen LogP contribution in [-0.4, -0.2) is 20.1 Å². The third kappa shape index (κ3) is 2.61. The predicted molar refractivity (Wildman–Crippen MR) is 90.4 cm³/mol. The van der Waals surface area contributed by atoms with E-state index in [1.54, 1.807) is 0 Å². The lowest BCUT2D eigenvalue weighted by Gasteiger charge is -2.37. The number of fused-ring (bicyclic) bond motifs is 1. The lowest BCUT2D eigenvalue weighted by molar-refractivity contribution is 0.698. The lowest BCUT2D eigenvalue weighted by Crippen LogP contribution is -2.36. The average molecular weight is 281 g/mol. The minimum absolute atomic E-state index is 0.138. The van der Waals surface area contributed by atoms with Crippen molar-refractivity contribution < 1.29 is 0 Å². The highest BCUT2D eigenvalue weighted by atomic mass is 15.3. The zero-order chi connectivity index (χ0) is 14.8. The van der Waals surface area contributed by atoms with Crippen LogP contribution < -0.4 is 15.5 Å². The van der Waals surface area contributed by atoms with Crippen LogP contribution in [0.2, 0.25) is 0 Å². The van der Waals surface area contributed by atoms with Crippen molar-refractivity contribution in [2.75, 3.05) is 29.9 Å². The molecule has 0 spiro atoms. The van der Waals surface area contributed by atoms with Gasteiger partial charge in [-0.3, -0.25) is 0 Å². The second-order valence-corrected chi connectivity index (χ2v) is 5.67. The third-order valence-corrected chi connectivity index (χ3v) is 4.32. The van der Waals surface area contributed by atoms with E-state index in [0.29, 0.717) is 0 Å². The number of likely N-dealkylation sites (N-methyl/N-ethyl adjacent to an activating group) is 1. The number of nitrogens with two attached hydrogens (primary N) is 1. The molecule has 2 N–H and O–H groups in total. The van der Waals surface area contributed by atoms with Crippen LogP contribution in [0.3, 0.4) is 0 Å². The number of benzene rings is 2. The molecule has 1 aliphatic rings. The highest BCUT2D eigenvalue weighted by Gasteiger charge is 2.20. The maximum absolute atomic E-state index is 6.10. The first kappa shape index (κ1) is 14.0. The fraction of sp³-hybridized carbons (Fsp3) is 0.333. The van der Waals surface area contributed by atoms with Crippen LogP contribution >= 0.6 is 0 Å². The quantitative estimate of drug-likeness (QED) is 0.931. The number of nitrogens with zero attached hydrogens (tertiary/aromatic N) is 2. The van der Waals surface area contributed by atoms with E-state index in [1.165, 1.54) is 22.6 Å². The van der Waals surface area contributed by atoms with Gasteiger partial charge in [-0.25, -0.2) is 0 Å². The fourth-order valence-corrected chi connectivity index (χ4v) is 2.91. The van der Waals surface area contributed by atoms with Gasteiger partial charge in [-0.05, 0) is 36.2 Å². The van der Waals surface area contributed by atoms with Gasteiger partial charge in [-0.2, -0.15) is 0 Å². The van der Waals surface area contributed by atoms with Crippen molar-refractivity contribution in [3.63, 3.8) is 0 Å². The highest BCUT2D eigenvalue weighted by Crippen LogP contribution is 2.36. The van der Waals surface area contributed by atoms with Gasteiger partial charge in [0.2, 0.25) is 0 Å². The average Bonchev–Trinajstić information content (AvgIpc) is 2.55. The minimum atomic E-state index is 0.138. The molecule has 0 saturated heterocycles. The van der Waals surface area contributed by atoms with Crippen LogP contribution in [0.5, 0.6) is 0 Å². The van der Waals surface area contributed by atoms with Crippen molar-refractivity contribution in [3.05, 3.63) is 54.1 Å². The zero-order valence-electron chi connectivity index (χ0n) is 12.8. The summed E-state index contributed by atoms with van der Waals surface area (Å²) in [6, 6.07) is 17.4. The molecule has 110 valence electrons. The molecule has 0 amide bonds.